The van der Waals surface area contributed by atoms with Crippen molar-refractivity contribution in [1.82, 2.24) is 0 Å². The molecule has 0 bridgehead atoms. The fourth-order valence-corrected chi connectivity index (χ4v) is 3.87. The Labute approximate surface area is 144 Å². The normalized spacial score (nSPS) is 35.5. The first-order chi connectivity index (χ1) is 11.2. The Bertz CT molecular complexity index is 508. The van der Waals surface area contributed by atoms with E-state index in [9.17, 15) is 14.7 Å². The highest BCUT2D eigenvalue weighted by molar-refractivity contribution is 6.08. The third kappa shape index (κ3) is 3.22. The molecule has 2 unspecified atom stereocenters. The minimum atomic E-state index is -1.08. The van der Waals surface area contributed by atoms with Crippen LogP contribution in [-0.4, -0.2) is 42.3 Å². The lowest BCUT2D eigenvalue weighted by Crippen LogP contribution is -2.52. The lowest BCUT2D eigenvalue weighted by Gasteiger charge is -2.43. The molecule has 0 amide bonds. The van der Waals surface area contributed by atoms with Crippen LogP contribution in [0.4, 0.5) is 0 Å². The quantitative estimate of drug-likeness (QED) is 0.595. The summed E-state index contributed by atoms with van der Waals surface area (Å²) >= 11 is 0. The second kappa shape index (κ2) is 7.06. The molecule has 1 aliphatic carbocycles. The van der Waals surface area contributed by atoms with Crippen molar-refractivity contribution >= 4 is 11.6 Å². The summed E-state index contributed by atoms with van der Waals surface area (Å²) in [5.74, 6) is -0.774. The fourth-order valence-electron chi connectivity index (χ4n) is 3.87. The van der Waals surface area contributed by atoms with E-state index in [4.69, 9.17) is 9.47 Å². The second-order valence-electron chi connectivity index (χ2n) is 7.78. The number of hydrogen-bond acceptors (Lipinski definition) is 5. The third-order valence-electron chi connectivity index (χ3n) is 6.07. The molecule has 2 aliphatic rings. The highest BCUT2D eigenvalue weighted by Crippen LogP contribution is 2.45. The van der Waals surface area contributed by atoms with Gasteiger partial charge in [0, 0.05) is 17.8 Å². The molecule has 0 spiro atoms. The van der Waals surface area contributed by atoms with E-state index in [-0.39, 0.29) is 23.9 Å². The van der Waals surface area contributed by atoms with E-state index in [0.717, 1.165) is 6.42 Å². The molecule has 0 aromatic rings. The summed E-state index contributed by atoms with van der Waals surface area (Å²) in [6.07, 6.45) is 1.97. The van der Waals surface area contributed by atoms with Crippen molar-refractivity contribution in [1.29, 1.82) is 0 Å². The fraction of sp³-hybridized carbons (Fsp3) is 0.789. The zero-order valence-corrected chi connectivity index (χ0v) is 15.2. The molecule has 1 N–H and O–H groups in total. The Morgan fingerprint density at radius 3 is 2.54 bits per heavy atom. The highest BCUT2D eigenvalue weighted by atomic mass is 16.7. The van der Waals surface area contributed by atoms with E-state index in [0.29, 0.717) is 19.6 Å². The van der Waals surface area contributed by atoms with Gasteiger partial charge in [-0.05, 0) is 32.6 Å². The molecule has 136 valence electrons. The van der Waals surface area contributed by atoms with E-state index in [1.807, 2.05) is 13.8 Å². The SMILES string of the molecule is C=C[C@](C)(CC(=O)[C@@]1(C)C(=O)C(C(C)O)CC[C@H]1C)C1OCCO1. The van der Waals surface area contributed by atoms with E-state index >= 15 is 0 Å². The van der Waals surface area contributed by atoms with Crippen molar-refractivity contribution in [2.45, 2.75) is 59.4 Å². The minimum Gasteiger partial charge on any atom is -0.393 e. The van der Waals surface area contributed by atoms with E-state index in [1.165, 1.54) is 0 Å². The number of rotatable bonds is 6. The van der Waals surface area contributed by atoms with Gasteiger partial charge >= 0.3 is 0 Å². The summed E-state index contributed by atoms with van der Waals surface area (Å²) in [6, 6.07) is 0. The molecule has 5 nitrogen and oxygen atoms in total. The van der Waals surface area contributed by atoms with Gasteiger partial charge in [-0.1, -0.05) is 19.9 Å². The van der Waals surface area contributed by atoms with Crippen LogP contribution in [0.15, 0.2) is 12.7 Å². The largest absolute Gasteiger partial charge is 0.393 e. The average Bonchev–Trinajstić information content (AvgIpc) is 3.07. The Kier molecular flexibility index (Phi) is 5.68. The second-order valence-corrected chi connectivity index (χ2v) is 7.78. The lowest BCUT2D eigenvalue weighted by atomic mass is 9.59. The number of ketones is 2. The molecule has 5 heteroatoms. The van der Waals surface area contributed by atoms with Crippen molar-refractivity contribution in [3.63, 3.8) is 0 Å². The molecule has 0 radical (unpaired) electrons. The Morgan fingerprint density at radius 1 is 1.46 bits per heavy atom. The van der Waals surface area contributed by atoms with Crippen molar-refractivity contribution in [2.75, 3.05) is 13.2 Å². The van der Waals surface area contributed by atoms with Crippen LogP contribution in [-0.2, 0) is 19.1 Å². The molecular weight excluding hydrogens is 308 g/mol. The van der Waals surface area contributed by atoms with Crippen LogP contribution in [0.25, 0.3) is 0 Å². The summed E-state index contributed by atoms with van der Waals surface area (Å²) in [6.45, 7) is 12.0. The Hall–Kier alpha value is -1.04. The number of Topliss-reactive ketones (excluding diaryl/α,β-unsaturated/α-hetero) is 2. The predicted molar refractivity (Wildman–Crippen MR) is 90.3 cm³/mol. The van der Waals surface area contributed by atoms with Gasteiger partial charge in [0.2, 0.25) is 0 Å². The van der Waals surface area contributed by atoms with Crippen LogP contribution >= 0.6 is 0 Å². The van der Waals surface area contributed by atoms with Crippen molar-refractivity contribution in [2.24, 2.45) is 22.7 Å². The zero-order chi connectivity index (χ0) is 18.1. The maximum Gasteiger partial charge on any atom is 0.166 e. The average molecular weight is 338 g/mol. The molecule has 0 aromatic carbocycles. The maximum atomic E-state index is 13.2. The molecule has 2 fully saturated rings. The lowest BCUT2D eigenvalue weighted by molar-refractivity contribution is -0.157. The smallest absolute Gasteiger partial charge is 0.166 e. The first-order valence-corrected chi connectivity index (χ1v) is 8.79. The topological polar surface area (TPSA) is 72.8 Å². The Balaban J connectivity index is 2.24. The van der Waals surface area contributed by atoms with Gasteiger partial charge in [-0.3, -0.25) is 9.59 Å². The molecule has 5 atom stereocenters. The van der Waals surface area contributed by atoms with E-state index in [2.05, 4.69) is 6.58 Å². The summed E-state index contributed by atoms with van der Waals surface area (Å²) in [5.41, 5.74) is -1.75. The summed E-state index contributed by atoms with van der Waals surface area (Å²) in [7, 11) is 0. The van der Waals surface area contributed by atoms with Gasteiger partial charge < -0.3 is 14.6 Å². The molecule has 1 heterocycles. The van der Waals surface area contributed by atoms with Crippen molar-refractivity contribution < 1.29 is 24.2 Å². The van der Waals surface area contributed by atoms with Crippen molar-refractivity contribution in [3.05, 3.63) is 12.7 Å². The number of carbonyl (C=O) groups is 2. The molecule has 24 heavy (non-hydrogen) atoms. The Morgan fingerprint density at radius 2 is 2.04 bits per heavy atom. The number of hydrogen-bond donors (Lipinski definition) is 1. The zero-order valence-electron chi connectivity index (χ0n) is 15.2. The van der Waals surface area contributed by atoms with Gasteiger partial charge in [0.05, 0.1) is 24.7 Å². The summed E-state index contributed by atoms with van der Waals surface area (Å²) < 4.78 is 11.1. The highest BCUT2D eigenvalue weighted by Gasteiger charge is 2.53. The number of aliphatic hydroxyl groups excluding tert-OH is 1. The van der Waals surface area contributed by atoms with Crippen LogP contribution < -0.4 is 0 Å². The number of carbonyl (C=O) groups excluding carboxylic acids is 2. The third-order valence-corrected chi connectivity index (χ3v) is 6.07. The van der Waals surface area contributed by atoms with Crippen LogP contribution in [0.2, 0.25) is 0 Å². The van der Waals surface area contributed by atoms with Crippen LogP contribution in [0.5, 0.6) is 0 Å². The van der Waals surface area contributed by atoms with Gasteiger partial charge in [0.15, 0.2) is 12.1 Å². The minimum absolute atomic E-state index is 0.0491. The van der Waals surface area contributed by atoms with Gasteiger partial charge in [-0.2, -0.15) is 0 Å². The summed E-state index contributed by atoms with van der Waals surface area (Å²) in [5, 5.41) is 9.91. The number of ether oxygens (including phenoxy) is 2. The van der Waals surface area contributed by atoms with Gasteiger partial charge in [0.1, 0.15) is 5.78 Å². The van der Waals surface area contributed by atoms with Crippen LogP contribution in [0.3, 0.4) is 0 Å². The van der Waals surface area contributed by atoms with Crippen molar-refractivity contribution in [3.8, 4) is 0 Å². The summed E-state index contributed by atoms with van der Waals surface area (Å²) in [4.78, 5) is 26.1. The molecule has 1 saturated carbocycles. The first-order valence-electron chi connectivity index (χ1n) is 8.79. The number of aliphatic hydroxyl groups is 1. The molecule has 2 rings (SSSR count). The van der Waals surface area contributed by atoms with Crippen LogP contribution in [0.1, 0.15) is 47.0 Å². The molecule has 1 aliphatic heterocycles. The molecule has 0 aromatic heterocycles. The van der Waals surface area contributed by atoms with Gasteiger partial charge in [-0.25, -0.2) is 0 Å². The molecular formula is C19H30O5. The first kappa shape index (κ1) is 19.3. The monoisotopic (exact) mass is 338 g/mol. The van der Waals surface area contributed by atoms with Crippen LogP contribution in [0, 0.1) is 22.7 Å². The van der Waals surface area contributed by atoms with E-state index in [1.54, 1.807) is 19.9 Å². The predicted octanol–water partition coefficient (Wildman–Crippen LogP) is 2.51. The molecule has 1 saturated heterocycles. The maximum absolute atomic E-state index is 13.2. The van der Waals surface area contributed by atoms with Gasteiger partial charge in [0.25, 0.3) is 0 Å². The van der Waals surface area contributed by atoms with E-state index < -0.39 is 29.1 Å². The standard InChI is InChI=1S/C19H30O5/c1-6-18(4,17-23-9-10-24-17)11-15(21)19(5)12(2)7-8-14(13(3)20)16(19)22/h6,12-14,17,20H,1,7-11H2,2-5H3/t12-,13?,14?,18-,19+/m1/s1. The van der Waals surface area contributed by atoms with Gasteiger partial charge in [-0.15, -0.1) is 6.58 Å².